The third-order valence-electron chi connectivity index (χ3n) is 2.17. The molecule has 0 aliphatic heterocycles. The fourth-order valence-corrected chi connectivity index (χ4v) is 1.59. The molecule has 4 nitrogen and oxygen atoms in total. The van der Waals surface area contributed by atoms with Gasteiger partial charge in [0.25, 0.3) is 6.43 Å². The number of alkyl halides is 2. The standard InChI is InChI=1S/C11H7ClF2N4/c12-10-11(16-5-9(13)14)18-7-2-1-6(4-15)3-8(7)17-10/h1-3,9H,5H2,(H,16,18). The summed E-state index contributed by atoms with van der Waals surface area (Å²) < 4.78 is 24.1. The largest absolute Gasteiger partial charge is 0.362 e. The molecule has 0 unspecified atom stereocenters. The van der Waals surface area contributed by atoms with Crippen LogP contribution in [0.1, 0.15) is 5.56 Å². The lowest BCUT2D eigenvalue weighted by molar-refractivity contribution is 0.163. The van der Waals surface area contributed by atoms with Gasteiger partial charge in [0.15, 0.2) is 11.0 Å². The number of benzene rings is 1. The average Bonchev–Trinajstić information content (AvgIpc) is 2.35. The van der Waals surface area contributed by atoms with E-state index >= 15 is 0 Å². The highest BCUT2D eigenvalue weighted by molar-refractivity contribution is 6.32. The van der Waals surface area contributed by atoms with Crippen molar-refractivity contribution in [2.24, 2.45) is 0 Å². The molecule has 0 bridgehead atoms. The van der Waals surface area contributed by atoms with Crippen LogP contribution in [-0.2, 0) is 0 Å². The number of aromatic nitrogens is 2. The lowest BCUT2D eigenvalue weighted by Crippen LogP contribution is -2.12. The summed E-state index contributed by atoms with van der Waals surface area (Å²) in [5.41, 5.74) is 1.36. The van der Waals surface area contributed by atoms with Crippen molar-refractivity contribution in [1.82, 2.24) is 9.97 Å². The van der Waals surface area contributed by atoms with E-state index in [2.05, 4.69) is 15.3 Å². The van der Waals surface area contributed by atoms with Crippen LogP contribution in [-0.4, -0.2) is 22.9 Å². The van der Waals surface area contributed by atoms with Crippen LogP contribution >= 0.6 is 11.6 Å². The zero-order chi connectivity index (χ0) is 13.1. The quantitative estimate of drug-likeness (QED) is 0.930. The van der Waals surface area contributed by atoms with E-state index in [1.54, 1.807) is 12.1 Å². The average molecular weight is 269 g/mol. The Bertz CT molecular complexity index is 624. The van der Waals surface area contributed by atoms with Gasteiger partial charge in [-0.2, -0.15) is 5.26 Å². The Kier molecular flexibility index (Phi) is 3.53. The Hall–Kier alpha value is -2.00. The molecule has 7 heteroatoms. The highest BCUT2D eigenvalue weighted by atomic mass is 35.5. The summed E-state index contributed by atoms with van der Waals surface area (Å²) in [4.78, 5) is 8.08. The van der Waals surface area contributed by atoms with Gasteiger partial charge < -0.3 is 5.32 Å². The van der Waals surface area contributed by atoms with Gasteiger partial charge >= 0.3 is 0 Å². The van der Waals surface area contributed by atoms with Gasteiger partial charge in [0.2, 0.25) is 0 Å². The minimum Gasteiger partial charge on any atom is -0.362 e. The molecular weight excluding hydrogens is 262 g/mol. The molecule has 0 atom stereocenters. The number of hydrogen-bond acceptors (Lipinski definition) is 4. The molecule has 0 fully saturated rings. The number of fused-ring (bicyclic) bond motifs is 1. The van der Waals surface area contributed by atoms with Gasteiger partial charge in [0.05, 0.1) is 29.2 Å². The summed E-state index contributed by atoms with van der Waals surface area (Å²) >= 11 is 5.82. The zero-order valence-electron chi connectivity index (χ0n) is 8.99. The predicted octanol–water partition coefficient (Wildman–Crippen LogP) is 2.83. The molecule has 0 saturated heterocycles. The van der Waals surface area contributed by atoms with E-state index in [1.807, 2.05) is 6.07 Å². The summed E-state index contributed by atoms with van der Waals surface area (Å²) in [6, 6.07) is 6.66. The fraction of sp³-hybridized carbons (Fsp3) is 0.182. The molecule has 2 rings (SSSR count). The van der Waals surface area contributed by atoms with E-state index in [0.717, 1.165) is 0 Å². The van der Waals surface area contributed by atoms with Crippen LogP contribution in [0.4, 0.5) is 14.6 Å². The molecule has 92 valence electrons. The summed E-state index contributed by atoms with van der Waals surface area (Å²) in [6.45, 7) is -0.545. The molecule has 1 heterocycles. The third-order valence-corrected chi connectivity index (χ3v) is 2.44. The minimum atomic E-state index is -2.50. The molecule has 0 amide bonds. The Morgan fingerprint density at radius 3 is 2.78 bits per heavy atom. The maximum absolute atomic E-state index is 12.1. The number of nitrogens with one attached hydrogen (secondary N) is 1. The topological polar surface area (TPSA) is 61.6 Å². The van der Waals surface area contributed by atoms with Gasteiger partial charge in [-0.25, -0.2) is 18.7 Å². The Labute approximate surface area is 106 Å². The SMILES string of the molecule is N#Cc1ccc2nc(NCC(F)F)c(Cl)nc2c1. The first-order valence-corrected chi connectivity index (χ1v) is 5.37. The molecule has 0 aliphatic rings. The first-order valence-electron chi connectivity index (χ1n) is 4.99. The fourth-order valence-electron chi connectivity index (χ4n) is 1.39. The predicted molar refractivity (Wildman–Crippen MR) is 63.8 cm³/mol. The molecule has 0 aliphatic carbocycles. The molecule has 18 heavy (non-hydrogen) atoms. The lowest BCUT2D eigenvalue weighted by Gasteiger charge is -2.07. The number of halogens is 3. The first kappa shape index (κ1) is 12.5. The smallest absolute Gasteiger partial charge is 0.255 e. The van der Waals surface area contributed by atoms with Crippen LogP contribution in [0.15, 0.2) is 18.2 Å². The highest BCUT2D eigenvalue weighted by Gasteiger charge is 2.09. The van der Waals surface area contributed by atoms with Gasteiger partial charge in [-0.15, -0.1) is 0 Å². The molecular formula is C11H7ClF2N4. The maximum atomic E-state index is 12.1. The van der Waals surface area contributed by atoms with E-state index in [1.165, 1.54) is 6.07 Å². The maximum Gasteiger partial charge on any atom is 0.255 e. The van der Waals surface area contributed by atoms with Crippen LogP contribution < -0.4 is 5.32 Å². The van der Waals surface area contributed by atoms with E-state index in [4.69, 9.17) is 16.9 Å². The number of nitrogens with zero attached hydrogens (tertiary/aromatic N) is 3. The Balaban J connectivity index is 2.40. The van der Waals surface area contributed by atoms with Crippen molar-refractivity contribution in [3.63, 3.8) is 0 Å². The Morgan fingerprint density at radius 1 is 1.33 bits per heavy atom. The molecule has 0 spiro atoms. The molecule has 1 N–H and O–H groups in total. The van der Waals surface area contributed by atoms with Crippen LogP contribution in [0.25, 0.3) is 11.0 Å². The third kappa shape index (κ3) is 2.63. The van der Waals surface area contributed by atoms with Gasteiger partial charge in [0.1, 0.15) is 0 Å². The molecule has 2 aromatic rings. The molecule has 0 radical (unpaired) electrons. The molecule has 1 aromatic heterocycles. The lowest BCUT2D eigenvalue weighted by atomic mass is 10.2. The normalized spacial score (nSPS) is 10.6. The van der Waals surface area contributed by atoms with Crippen molar-refractivity contribution in [2.45, 2.75) is 6.43 Å². The van der Waals surface area contributed by atoms with Crippen LogP contribution in [0, 0.1) is 11.3 Å². The molecule has 1 aromatic carbocycles. The zero-order valence-corrected chi connectivity index (χ0v) is 9.75. The van der Waals surface area contributed by atoms with Gasteiger partial charge in [-0.05, 0) is 18.2 Å². The van der Waals surface area contributed by atoms with Crippen molar-refractivity contribution in [3.8, 4) is 6.07 Å². The van der Waals surface area contributed by atoms with Crippen molar-refractivity contribution >= 4 is 28.5 Å². The van der Waals surface area contributed by atoms with E-state index in [9.17, 15) is 8.78 Å². The van der Waals surface area contributed by atoms with Crippen LogP contribution in [0.2, 0.25) is 5.15 Å². The second-order valence-corrected chi connectivity index (χ2v) is 3.81. The van der Waals surface area contributed by atoms with Crippen LogP contribution in [0.5, 0.6) is 0 Å². The molecule has 0 saturated carbocycles. The monoisotopic (exact) mass is 268 g/mol. The Morgan fingerprint density at radius 2 is 2.11 bits per heavy atom. The van der Waals surface area contributed by atoms with Gasteiger partial charge in [-0.3, -0.25) is 0 Å². The second-order valence-electron chi connectivity index (χ2n) is 3.45. The first-order chi connectivity index (χ1) is 8.60. The van der Waals surface area contributed by atoms with Crippen molar-refractivity contribution < 1.29 is 8.78 Å². The van der Waals surface area contributed by atoms with E-state index in [-0.39, 0.29) is 11.0 Å². The van der Waals surface area contributed by atoms with Crippen molar-refractivity contribution in [1.29, 1.82) is 5.26 Å². The van der Waals surface area contributed by atoms with Gasteiger partial charge in [0, 0.05) is 0 Å². The van der Waals surface area contributed by atoms with Gasteiger partial charge in [-0.1, -0.05) is 11.6 Å². The van der Waals surface area contributed by atoms with E-state index in [0.29, 0.717) is 16.6 Å². The minimum absolute atomic E-state index is 0.00163. The van der Waals surface area contributed by atoms with Crippen molar-refractivity contribution in [2.75, 3.05) is 11.9 Å². The second kappa shape index (κ2) is 5.10. The summed E-state index contributed by atoms with van der Waals surface area (Å²) in [5.74, 6) is 0.106. The van der Waals surface area contributed by atoms with E-state index < -0.39 is 13.0 Å². The van der Waals surface area contributed by atoms with Crippen molar-refractivity contribution in [3.05, 3.63) is 28.9 Å². The number of anilines is 1. The number of rotatable bonds is 3. The van der Waals surface area contributed by atoms with Crippen LogP contribution in [0.3, 0.4) is 0 Å². The summed E-state index contributed by atoms with van der Waals surface area (Å²) in [7, 11) is 0. The number of hydrogen-bond donors (Lipinski definition) is 1. The summed E-state index contributed by atoms with van der Waals surface area (Å²) in [5, 5.41) is 11.2. The summed E-state index contributed by atoms with van der Waals surface area (Å²) in [6.07, 6.45) is -2.50. The number of nitriles is 1. The highest BCUT2D eigenvalue weighted by Crippen LogP contribution is 2.22.